The summed E-state index contributed by atoms with van der Waals surface area (Å²) in [6.45, 7) is 7.31. The molecule has 0 radical (unpaired) electrons. The topological polar surface area (TPSA) is 37.8 Å². The number of hydrogen-bond donors (Lipinski definition) is 1. The summed E-state index contributed by atoms with van der Waals surface area (Å²) in [6.07, 6.45) is -0.410. The van der Waals surface area contributed by atoms with Crippen LogP contribution in [0.1, 0.15) is 16.8 Å². The SMILES string of the molecule is C=Cc1ccc(Nc2ccc(C(F)(F)F)cn2)nc1C=C. The fourth-order valence-corrected chi connectivity index (χ4v) is 1.66. The lowest BCUT2D eigenvalue weighted by Gasteiger charge is -2.09. The quantitative estimate of drug-likeness (QED) is 0.899. The van der Waals surface area contributed by atoms with E-state index in [1.165, 1.54) is 6.07 Å². The number of alkyl halides is 3. The van der Waals surface area contributed by atoms with E-state index in [4.69, 9.17) is 0 Å². The number of rotatable bonds is 4. The highest BCUT2D eigenvalue weighted by Gasteiger charge is 2.30. The monoisotopic (exact) mass is 291 g/mol. The van der Waals surface area contributed by atoms with Crippen molar-refractivity contribution in [1.82, 2.24) is 9.97 Å². The number of anilines is 2. The van der Waals surface area contributed by atoms with Gasteiger partial charge in [0.15, 0.2) is 0 Å². The van der Waals surface area contributed by atoms with Crippen molar-refractivity contribution in [3.05, 3.63) is 60.4 Å². The Hall–Kier alpha value is -2.63. The summed E-state index contributed by atoms with van der Waals surface area (Å²) in [5.41, 5.74) is 0.646. The summed E-state index contributed by atoms with van der Waals surface area (Å²) in [6, 6.07) is 5.67. The zero-order valence-electron chi connectivity index (χ0n) is 11.0. The maximum Gasteiger partial charge on any atom is 0.417 e. The van der Waals surface area contributed by atoms with Crippen LogP contribution < -0.4 is 5.32 Å². The molecule has 0 amide bonds. The number of nitrogens with zero attached hydrogens (tertiary/aromatic N) is 2. The van der Waals surface area contributed by atoms with Crippen LogP contribution in [0, 0.1) is 0 Å². The minimum Gasteiger partial charge on any atom is -0.325 e. The lowest BCUT2D eigenvalue weighted by molar-refractivity contribution is -0.137. The van der Waals surface area contributed by atoms with Gasteiger partial charge in [-0.3, -0.25) is 0 Å². The van der Waals surface area contributed by atoms with Gasteiger partial charge in [0.2, 0.25) is 0 Å². The Morgan fingerprint density at radius 1 is 1.00 bits per heavy atom. The van der Waals surface area contributed by atoms with Crippen LogP contribution in [0.4, 0.5) is 24.8 Å². The molecule has 0 unspecified atom stereocenters. The number of pyridine rings is 2. The van der Waals surface area contributed by atoms with Gasteiger partial charge in [0.1, 0.15) is 11.6 Å². The normalized spacial score (nSPS) is 11.0. The molecule has 1 N–H and O–H groups in total. The van der Waals surface area contributed by atoms with Gasteiger partial charge >= 0.3 is 6.18 Å². The van der Waals surface area contributed by atoms with Crippen LogP contribution in [0.15, 0.2) is 43.6 Å². The fraction of sp³-hybridized carbons (Fsp3) is 0.0667. The molecular formula is C15H12F3N3. The van der Waals surface area contributed by atoms with Crippen LogP contribution >= 0.6 is 0 Å². The summed E-state index contributed by atoms with van der Waals surface area (Å²) in [4.78, 5) is 7.99. The smallest absolute Gasteiger partial charge is 0.325 e. The molecule has 0 aromatic carbocycles. The van der Waals surface area contributed by atoms with Crippen molar-refractivity contribution in [3.63, 3.8) is 0 Å². The first-order valence-electron chi connectivity index (χ1n) is 6.00. The van der Waals surface area contributed by atoms with Crippen LogP contribution in [-0.2, 0) is 6.18 Å². The van der Waals surface area contributed by atoms with Gasteiger partial charge in [-0.15, -0.1) is 0 Å². The fourth-order valence-electron chi connectivity index (χ4n) is 1.66. The molecular weight excluding hydrogens is 279 g/mol. The molecule has 0 bridgehead atoms. The number of halogens is 3. The average molecular weight is 291 g/mol. The van der Waals surface area contributed by atoms with E-state index in [0.717, 1.165) is 17.8 Å². The van der Waals surface area contributed by atoms with Crippen molar-refractivity contribution in [2.75, 3.05) is 5.32 Å². The molecule has 0 spiro atoms. The van der Waals surface area contributed by atoms with E-state index in [1.807, 2.05) is 0 Å². The van der Waals surface area contributed by atoms with Crippen molar-refractivity contribution in [2.45, 2.75) is 6.18 Å². The van der Waals surface area contributed by atoms with Gasteiger partial charge in [0, 0.05) is 6.20 Å². The molecule has 0 atom stereocenters. The van der Waals surface area contributed by atoms with Gasteiger partial charge in [-0.25, -0.2) is 9.97 Å². The third-order valence-corrected chi connectivity index (χ3v) is 2.72. The van der Waals surface area contributed by atoms with E-state index in [2.05, 4.69) is 28.4 Å². The standard InChI is InChI=1S/C15H12F3N3/c1-3-10-5-7-14(20-12(10)4-2)21-13-8-6-11(9-19-13)15(16,17)18/h3-9H,1-2H2,(H,19,20,21). The summed E-state index contributed by atoms with van der Waals surface area (Å²) in [5.74, 6) is 0.736. The minimum absolute atomic E-state index is 0.275. The zero-order valence-corrected chi connectivity index (χ0v) is 11.0. The highest BCUT2D eigenvalue weighted by molar-refractivity contribution is 5.64. The minimum atomic E-state index is -4.40. The van der Waals surface area contributed by atoms with Gasteiger partial charge in [0.25, 0.3) is 0 Å². The zero-order chi connectivity index (χ0) is 15.5. The molecule has 0 saturated carbocycles. The van der Waals surface area contributed by atoms with E-state index in [1.54, 1.807) is 24.3 Å². The molecule has 2 rings (SSSR count). The second kappa shape index (κ2) is 5.78. The number of aromatic nitrogens is 2. The van der Waals surface area contributed by atoms with Gasteiger partial charge in [-0.1, -0.05) is 19.2 Å². The first-order chi connectivity index (χ1) is 9.94. The maximum absolute atomic E-state index is 12.4. The highest BCUT2D eigenvalue weighted by atomic mass is 19.4. The van der Waals surface area contributed by atoms with E-state index in [0.29, 0.717) is 11.5 Å². The predicted molar refractivity (Wildman–Crippen MR) is 76.9 cm³/mol. The molecule has 3 nitrogen and oxygen atoms in total. The Morgan fingerprint density at radius 2 is 1.71 bits per heavy atom. The largest absolute Gasteiger partial charge is 0.417 e. The van der Waals surface area contributed by atoms with Crippen molar-refractivity contribution >= 4 is 23.8 Å². The molecule has 2 heterocycles. The molecule has 0 aliphatic carbocycles. The Kier molecular flexibility index (Phi) is 4.07. The second-order valence-electron chi connectivity index (χ2n) is 4.13. The average Bonchev–Trinajstić information content (AvgIpc) is 2.46. The van der Waals surface area contributed by atoms with Crippen molar-refractivity contribution in [3.8, 4) is 0 Å². The van der Waals surface area contributed by atoms with Crippen molar-refractivity contribution in [2.24, 2.45) is 0 Å². The van der Waals surface area contributed by atoms with E-state index in [-0.39, 0.29) is 5.82 Å². The van der Waals surface area contributed by atoms with E-state index in [9.17, 15) is 13.2 Å². The maximum atomic E-state index is 12.4. The van der Waals surface area contributed by atoms with Crippen LogP contribution in [0.25, 0.3) is 12.2 Å². The summed E-state index contributed by atoms with van der Waals surface area (Å²) in [7, 11) is 0. The van der Waals surface area contributed by atoms with Crippen LogP contribution in [0.5, 0.6) is 0 Å². The van der Waals surface area contributed by atoms with Gasteiger partial charge < -0.3 is 5.32 Å². The van der Waals surface area contributed by atoms with Gasteiger partial charge in [-0.05, 0) is 35.9 Å². The molecule has 0 fully saturated rings. The van der Waals surface area contributed by atoms with Gasteiger partial charge in [0.05, 0.1) is 11.3 Å². The second-order valence-corrected chi connectivity index (χ2v) is 4.13. The first-order valence-corrected chi connectivity index (χ1v) is 6.00. The molecule has 2 aromatic rings. The van der Waals surface area contributed by atoms with Crippen LogP contribution in [-0.4, -0.2) is 9.97 Å². The molecule has 21 heavy (non-hydrogen) atoms. The number of nitrogens with one attached hydrogen (secondary N) is 1. The first kappa shape index (κ1) is 14.8. The van der Waals surface area contributed by atoms with Crippen molar-refractivity contribution in [1.29, 1.82) is 0 Å². The summed E-state index contributed by atoms with van der Waals surface area (Å²) in [5, 5.41) is 2.84. The Labute approximate surface area is 119 Å². The molecule has 2 aromatic heterocycles. The molecule has 6 heteroatoms. The molecule has 0 aliphatic heterocycles. The third-order valence-electron chi connectivity index (χ3n) is 2.72. The van der Waals surface area contributed by atoms with Gasteiger partial charge in [-0.2, -0.15) is 13.2 Å². The Bertz CT molecular complexity index is 661. The van der Waals surface area contributed by atoms with E-state index < -0.39 is 11.7 Å². The van der Waals surface area contributed by atoms with Crippen LogP contribution in [0.3, 0.4) is 0 Å². The summed E-state index contributed by atoms with van der Waals surface area (Å²) >= 11 is 0. The predicted octanol–water partition coefficient (Wildman–Crippen LogP) is 4.53. The van der Waals surface area contributed by atoms with Crippen LogP contribution in [0.2, 0.25) is 0 Å². The lowest BCUT2D eigenvalue weighted by Crippen LogP contribution is -2.06. The summed E-state index contributed by atoms with van der Waals surface area (Å²) < 4.78 is 37.3. The Balaban J connectivity index is 2.22. The number of hydrogen-bond acceptors (Lipinski definition) is 3. The third kappa shape index (κ3) is 3.47. The molecule has 108 valence electrons. The Morgan fingerprint density at radius 3 is 2.24 bits per heavy atom. The van der Waals surface area contributed by atoms with Crippen molar-refractivity contribution < 1.29 is 13.2 Å². The lowest BCUT2D eigenvalue weighted by atomic mass is 10.2. The van der Waals surface area contributed by atoms with E-state index >= 15 is 0 Å². The molecule has 0 saturated heterocycles. The highest BCUT2D eigenvalue weighted by Crippen LogP contribution is 2.29. The molecule has 0 aliphatic rings.